The second-order valence-electron chi connectivity index (χ2n) is 8.10. The Labute approximate surface area is 187 Å². The SMILES string of the molecule is Cc1ccc(-n2cc(CN3CCN(c4ncccn4)CC3)c(-c3ccc(F)cc3)n2)cc1. The van der Waals surface area contributed by atoms with Crippen molar-refractivity contribution < 1.29 is 4.39 Å². The number of benzene rings is 2. The van der Waals surface area contributed by atoms with E-state index in [1.807, 2.05) is 10.7 Å². The van der Waals surface area contributed by atoms with Gasteiger partial charge in [0.05, 0.1) is 11.4 Å². The van der Waals surface area contributed by atoms with E-state index in [0.717, 1.165) is 61.2 Å². The lowest BCUT2D eigenvalue weighted by Crippen LogP contribution is -2.46. The highest BCUT2D eigenvalue weighted by Gasteiger charge is 2.21. The Morgan fingerprint density at radius 3 is 2.25 bits per heavy atom. The molecule has 1 saturated heterocycles. The summed E-state index contributed by atoms with van der Waals surface area (Å²) in [7, 11) is 0. The van der Waals surface area contributed by atoms with Gasteiger partial charge in [-0.15, -0.1) is 0 Å². The van der Waals surface area contributed by atoms with E-state index in [0.29, 0.717) is 0 Å². The Morgan fingerprint density at radius 1 is 0.875 bits per heavy atom. The molecule has 4 aromatic rings. The highest BCUT2D eigenvalue weighted by atomic mass is 19.1. The molecule has 0 N–H and O–H groups in total. The van der Waals surface area contributed by atoms with Gasteiger partial charge in [0, 0.05) is 62.4 Å². The predicted octanol–water partition coefficient (Wildman–Crippen LogP) is 4.10. The topological polar surface area (TPSA) is 50.1 Å². The smallest absolute Gasteiger partial charge is 0.225 e. The van der Waals surface area contributed by atoms with Crippen LogP contribution in [-0.2, 0) is 6.54 Å². The number of hydrogen-bond acceptors (Lipinski definition) is 5. The molecule has 0 aliphatic carbocycles. The van der Waals surface area contributed by atoms with E-state index >= 15 is 0 Å². The molecule has 0 saturated carbocycles. The first-order valence-electron chi connectivity index (χ1n) is 10.8. The molecule has 0 atom stereocenters. The normalized spacial score (nSPS) is 14.6. The summed E-state index contributed by atoms with van der Waals surface area (Å²) in [6, 6.07) is 16.7. The Balaban J connectivity index is 1.38. The Morgan fingerprint density at radius 2 is 1.56 bits per heavy atom. The third-order valence-electron chi connectivity index (χ3n) is 5.81. The third kappa shape index (κ3) is 4.38. The highest BCUT2D eigenvalue weighted by Crippen LogP contribution is 2.26. The summed E-state index contributed by atoms with van der Waals surface area (Å²) in [5.41, 5.74) is 5.15. The van der Waals surface area contributed by atoms with Crippen molar-refractivity contribution in [3.8, 4) is 16.9 Å². The van der Waals surface area contributed by atoms with Gasteiger partial charge in [0.15, 0.2) is 0 Å². The number of rotatable bonds is 5. The van der Waals surface area contributed by atoms with E-state index in [1.54, 1.807) is 24.5 Å². The lowest BCUT2D eigenvalue weighted by molar-refractivity contribution is 0.249. The lowest BCUT2D eigenvalue weighted by Gasteiger charge is -2.34. The molecule has 7 heteroatoms. The maximum absolute atomic E-state index is 13.5. The number of hydrogen-bond donors (Lipinski definition) is 0. The molecule has 5 rings (SSSR count). The zero-order valence-corrected chi connectivity index (χ0v) is 18.0. The molecule has 162 valence electrons. The molecule has 0 unspecified atom stereocenters. The number of aromatic nitrogens is 4. The zero-order valence-electron chi connectivity index (χ0n) is 18.0. The first kappa shape index (κ1) is 20.3. The number of aryl methyl sites for hydroxylation is 1. The maximum atomic E-state index is 13.5. The molecule has 1 fully saturated rings. The standard InChI is InChI=1S/C25H25FN6/c1-19-3-9-23(10-4-19)32-18-21(24(29-32)20-5-7-22(26)8-6-20)17-30-13-15-31(16-14-30)25-27-11-2-12-28-25/h2-12,18H,13-17H2,1H3. The van der Waals surface area contributed by atoms with Gasteiger partial charge in [-0.05, 0) is 49.4 Å². The van der Waals surface area contributed by atoms with E-state index in [1.165, 1.54) is 17.7 Å². The number of halogens is 1. The quantitative estimate of drug-likeness (QED) is 0.479. The summed E-state index contributed by atoms with van der Waals surface area (Å²) in [6.45, 7) is 6.43. The lowest BCUT2D eigenvalue weighted by atomic mass is 10.1. The van der Waals surface area contributed by atoms with Gasteiger partial charge in [0.2, 0.25) is 5.95 Å². The van der Waals surface area contributed by atoms with Crippen LogP contribution >= 0.6 is 0 Å². The first-order valence-corrected chi connectivity index (χ1v) is 10.8. The van der Waals surface area contributed by atoms with Crippen molar-refractivity contribution in [2.24, 2.45) is 0 Å². The Bertz CT molecular complexity index is 1160. The average Bonchev–Trinajstić information content (AvgIpc) is 3.25. The largest absolute Gasteiger partial charge is 0.338 e. The van der Waals surface area contributed by atoms with Crippen LogP contribution in [0, 0.1) is 12.7 Å². The summed E-state index contributed by atoms with van der Waals surface area (Å²) in [5, 5.41) is 4.88. The van der Waals surface area contributed by atoms with Crippen molar-refractivity contribution in [1.82, 2.24) is 24.6 Å². The molecule has 1 aliphatic rings. The fraction of sp³-hybridized carbons (Fsp3) is 0.240. The molecule has 0 amide bonds. The van der Waals surface area contributed by atoms with E-state index in [-0.39, 0.29) is 5.82 Å². The van der Waals surface area contributed by atoms with E-state index in [4.69, 9.17) is 5.10 Å². The van der Waals surface area contributed by atoms with Crippen molar-refractivity contribution >= 4 is 5.95 Å². The molecule has 32 heavy (non-hydrogen) atoms. The van der Waals surface area contributed by atoms with Crippen LogP contribution in [0.25, 0.3) is 16.9 Å². The van der Waals surface area contributed by atoms with Crippen molar-refractivity contribution in [1.29, 1.82) is 0 Å². The van der Waals surface area contributed by atoms with Crippen LogP contribution in [-0.4, -0.2) is 50.8 Å². The second-order valence-corrected chi connectivity index (χ2v) is 8.10. The van der Waals surface area contributed by atoms with Crippen molar-refractivity contribution in [3.63, 3.8) is 0 Å². The monoisotopic (exact) mass is 428 g/mol. The fourth-order valence-electron chi connectivity index (χ4n) is 4.01. The van der Waals surface area contributed by atoms with Gasteiger partial charge >= 0.3 is 0 Å². The van der Waals surface area contributed by atoms with Gasteiger partial charge in [-0.1, -0.05) is 17.7 Å². The molecule has 0 bridgehead atoms. The summed E-state index contributed by atoms with van der Waals surface area (Å²) < 4.78 is 15.4. The van der Waals surface area contributed by atoms with Crippen LogP contribution in [0.5, 0.6) is 0 Å². The van der Waals surface area contributed by atoms with Crippen LogP contribution in [0.4, 0.5) is 10.3 Å². The average molecular weight is 429 g/mol. The number of piperazine rings is 1. The van der Waals surface area contributed by atoms with Crippen LogP contribution in [0.3, 0.4) is 0 Å². The molecule has 0 spiro atoms. The minimum Gasteiger partial charge on any atom is -0.338 e. The molecule has 0 radical (unpaired) electrons. The van der Waals surface area contributed by atoms with Crippen LogP contribution in [0.1, 0.15) is 11.1 Å². The third-order valence-corrected chi connectivity index (χ3v) is 5.81. The van der Waals surface area contributed by atoms with Crippen molar-refractivity contribution in [2.45, 2.75) is 13.5 Å². The van der Waals surface area contributed by atoms with E-state index < -0.39 is 0 Å². The van der Waals surface area contributed by atoms with Gasteiger partial charge in [0.1, 0.15) is 5.82 Å². The molecule has 1 aliphatic heterocycles. The van der Waals surface area contributed by atoms with E-state index in [9.17, 15) is 4.39 Å². The Kier molecular flexibility index (Phi) is 5.64. The van der Waals surface area contributed by atoms with Gasteiger partial charge < -0.3 is 4.90 Å². The molecular weight excluding hydrogens is 403 g/mol. The molecule has 2 aromatic heterocycles. The summed E-state index contributed by atoms with van der Waals surface area (Å²) in [5.74, 6) is 0.541. The summed E-state index contributed by atoms with van der Waals surface area (Å²) in [6.07, 6.45) is 5.66. The Hall–Kier alpha value is -3.58. The minimum atomic E-state index is -0.243. The van der Waals surface area contributed by atoms with Crippen LogP contribution < -0.4 is 4.90 Å². The van der Waals surface area contributed by atoms with Crippen molar-refractivity contribution in [2.75, 3.05) is 31.1 Å². The maximum Gasteiger partial charge on any atom is 0.225 e. The molecule has 2 aromatic carbocycles. The fourth-order valence-corrected chi connectivity index (χ4v) is 4.01. The molecular formula is C25H25FN6. The second kappa shape index (κ2) is 8.88. The van der Waals surface area contributed by atoms with Crippen molar-refractivity contribution in [3.05, 3.63) is 90.1 Å². The molecule has 3 heterocycles. The zero-order chi connectivity index (χ0) is 21.9. The van der Waals surface area contributed by atoms with Crippen LogP contribution in [0.15, 0.2) is 73.2 Å². The van der Waals surface area contributed by atoms with Gasteiger partial charge in [0.25, 0.3) is 0 Å². The number of anilines is 1. The molecule has 6 nitrogen and oxygen atoms in total. The van der Waals surface area contributed by atoms with Crippen LogP contribution in [0.2, 0.25) is 0 Å². The minimum absolute atomic E-state index is 0.243. The van der Waals surface area contributed by atoms with Gasteiger partial charge in [-0.25, -0.2) is 19.0 Å². The van der Waals surface area contributed by atoms with E-state index in [2.05, 4.69) is 57.2 Å². The number of nitrogens with zero attached hydrogens (tertiary/aromatic N) is 6. The summed E-state index contributed by atoms with van der Waals surface area (Å²) >= 11 is 0. The highest BCUT2D eigenvalue weighted by molar-refractivity contribution is 5.63. The van der Waals surface area contributed by atoms with Gasteiger partial charge in [-0.3, -0.25) is 4.90 Å². The predicted molar refractivity (Wildman–Crippen MR) is 123 cm³/mol. The first-order chi connectivity index (χ1) is 15.7. The van der Waals surface area contributed by atoms with Gasteiger partial charge in [-0.2, -0.15) is 5.10 Å². The summed E-state index contributed by atoms with van der Waals surface area (Å²) in [4.78, 5) is 13.4.